The lowest BCUT2D eigenvalue weighted by Gasteiger charge is -2.10. The Hall–Kier alpha value is -1.00. The topological polar surface area (TPSA) is 38.3 Å². The standard InChI is InChI=1S/C12H15NO2S/c1-16-10-6-4-9(5-7-10)13-12(14)11-3-2-8-15-11/h4-7,11H,2-3,8H2,1H3,(H,13,14). The number of amides is 1. The highest BCUT2D eigenvalue weighted by molar-refractivity contribution is 7.98. The average Bonchev–Trinajstić information content (AvgIpc) is 2.83. The van der Waals surface area contributed by atoms with E-state index in [1.54, 1.807) is 11.8 Å². The van der Waals surface area contributed by atoms with E-state index in [-0.39, 0.29) is 12.0 Å². The van der Waals surface area contributed by atoms with Gasteiger partial charge in [0.25, 0.3) is 5.91 Å². The van der Waals surface area contributed by atoms with Crippen LogP contribution in [0.25, 0.3) is 0 Å². The van der Waals surface area contributed by atoms with E-state index in [1.165, 1.54) is 4.90 Å². The van der Waals surface area contributed by atoms with E-state index < -0.39 is 0 Å². The maximum absolute atomic E-state index is 11.7. The van der Waals surface area contributed by atoms with Gasteiger partial charge >= 0.3 is 0 Å². The van der Waals surface area contributed by atoms with Gasteiger partial charge in [0.05, 0.1) is 0 Å². The molecule has 1 aromatic rings. The molecule has 0 radical (unpaired) electrons. The van der Waals surface area contributed by atoms with Gasteiger partial charge in [-0.05, 0) is 43.4 Å². The van der Waals surface area contributed by atoms with Gasteiger partial charge in [-0.15, -0.1) is 11.8 Å². The summed E-state index contributed by atoms with van der Waals surface area (Å²) >= 11 is 1.68. The van der Waals surface area contributed by atoms with Gasteiger partial charge in [0.1, 0.15) is 6.10 Å². The molecule has 86 valence electrons. The fourth-order valence-corrected chi connectivity index (χ4v) is 2.09. The van der Waals surface area contributed by atoms with Crippen LogP contribution in [-0.4, -0.2) is 24.9 Å². The van der Waals surface area contributed by atoms with Gasteiger partial charge in [-0.2, -0.15) is 0 Å². The number of thioether (sulfide) groups is 1. The molecule has 1 atom stereocenters. The molecule has 1 amide bonds. The minimum Gasteiger partial charge on any atom is -0.368 e. The summed E-state index contributed by atoms with van der Waals surface area (Å²) in [6.45, 7) is 0.698. The molecule has 0 spiro atoms. The van der Waals surface area contributed by atoms with Crippen LogP contribution in [0.2, 0.25) is 0 Å². The van der Waals surface area contributed by atoms with E-state index in [1.807, 2.05) is 30.5 Å². The molecule has 0 bridgehead atoms. The summed E-state index contributed by atoms with van der Waals surface area (Å²) in [5.41, 5.74) is 0.832. The highest BCUT2D eigenvalue weighted by atomic mass is 32.2. The Morgan fingerprint density at radius 3 is 2.75 bits per heavy atom. The molecule has 1 saturated heterocycles. The lowest BCUT2D eigenvalue weighted by atomic mass is 10.2. The van der Waals surface area contributed by atoms with Gasteiger partial charge in [0.15, 0.2) is 0 Å². The van der Waals surface area contributed by atoms with Crippen molar-refractivity contribution in [2.24, 2.45) is 0 Å². The Bertz CT molecular complexity index is 358. The molecule has 16 heavy (non-hydrogen) atoms. The Morgan fingerprint density at radius 1 is 1.44 bits per heavy atom. The number of rotatable bonds is 3. The summed E-state index contributed by atoms with van der Waals surface area (Å²) < 4.78 is 5.32. The van der Waals surface area contributed by atoms with Crippen molar-refractivity contribution in [1.82, 2.24) is 0 Å². The number of carbonyl (C=O) groups is 1. The van der Waals surface area contributed by atoms with Crippen LogP contribution >= 0.6 is 11.8 Å². The second-order valence-corrected chi connectivity index (χ2v) is 4.60. The molecule has 3 nitrogen and oxygen atoms in total. The van der Waals surface area contributed by atoms with Crippen LogP contribution in [0.1, 0.15) is 12.8 Å². The van der Waals surface area contributed by atoms with Crippen LogP contribution in [0.5, 0.6) is 0 Å². The number of hydrogen-bond donors (Lipinski definition) is 1. The first-order valence-corrected chi connectivity index (χ1v) is 6.58. The van der Waals surface area contributed by atoms with Crippen molar-refractivity contribution in [2.45, 2.75) is 23.8 Å². The summed E-state index contributed by atoms with van der Waals surface area (Å²) in [6, 6.07) is 7.82. The molecule has 1 aliphatic heterocycles. The summed E-state index contributed by atoms with van der Waals surface area (Å²) in [5, 5.41) is 2.86. The summed E-state index contributed by atoms with van der Waals surface area (Å²) in [6.07, 6.45) is 3.57. The molecule has 0 aliphatic carbocycles. The number of ether oxygens (including phenoxy) is 1. The van der Waals surface area contributed by atoms with Crippen molar-refractivity contribution in [1.29, 1.82) is 0 Å². The zero-order valence-corrected chi connectivity index (χ0v) is 10.0. The predicted molar refractivity (Wildman–Crippen MR) is 65.8 cm³/mol. The molecular formula is C12H15NO2S. The second kappa shape index (κ2) is 5.37. The predicted octanol–water partition coefficient (Wildman–Crippen LogP) is 2.53. The molecular weight excluding hydrogens is 222 g/mol. The fraction of sp³-hybridized carbons (Fsp3) is 0.417. The third-order valence-electron chi connectivity index (χ3n) is 2.58. The molecule has 1 N–H and O–H groups in total. The normalized spacial score (nSPS) is 19.7. The van der Waals surface area contributed by atoms with Gasteiger partial charge in [-0.1, -0.05) is 0 Å². The van der Waals surface area contributed by atoms with Gasteiger partial charge in [0.2, 0.25) is 0 Å². The lowest BCUT2D eigenvalue weighted by molar-refractivity contribution is -0.124. The number of carbonyl (C=O) groups excluding carboxylic acids is 1. The zero-order valence-electron chi connectivity index (χ0n) is 9.23. The minimum atomic E-state index is -0.264. The second-order valence-electron chi connectivity index (χ2n) is 3.72. The van der Waals surface area contributed by atoms with E-state index >= 15 is 0 Å². The van der Waals surface area contributed by atoms with E-state index in [0.29, 0.717) is 6.61 Å². The Labute approximate surface area is 99.6 Å². The Balaban J connectivity index is 1.94. The third-order valence-corrected chi connectivity index (χ3v) is 3.32. The van der Waals surface area contributed by atoms with Crippen molar-refractivity contribution in [2.75, 3.05) is 18.2 Å². The maximum Gasteiger partial charge on any atom is 0.253 e. The molecule has 4 heteroatoms. The Morgan fingerprint density at radius 2 is 2.19 bits per heavy atom. The van der Waals surface area contributed by atoms with Crippen molar-refractivity contribution in [3.63, 3.8) is 0 Å². The lowest BCUT2D eigenvalue weighted by Crippen LogP contribution is -2.26. The largest absolute Gasteiger partial charge is 0.368 e. The SMILES string of the molecule is CSc1ccc(NC(=O)C2CCCO2)cc1. The zero-order chi connectivity index (χ0) is 11.4. The minimum absolute atomic E-state index is 0.0330. The van der Waals surface area contributed by atoms with Gasteiger partial charge in [-0.3, -0.25) is 4.79 Å². The molecule has 1 fully saturated rings. The fourth-order valence-electron chi connectivity index (χ4n) is 1.68. The smallest absolute Gasteiger partial charge is 0.253 e. The number of nitrogens with one attached hydrogen (secondary N) is 1. The summed E-state index contributed by atoms with van der Waals surface area (Å²) in [7, 11) is 0. The first-order valence-electron chi connectivity index (χ1n) is 5.36. The molecule has 0 aromatic heterocycles. The quantitative estimate of drug-likeness (QED) is 0.821. The van der Waals surface area contributed by atoms with Crippen molar-refractivity contribution >= 4 is 23.4 Å². The van der Waals surface area contributed by atoms with Crippen LogP contribution in [0.3, 0.4) is 0 Å². The monoisotopic (exact) mass is 237 g/mol. The summed E-state index contributed by atoms with van der Waals surface area (Å²) in [5.74, 6) is -0.0330. The summed E-state index contributed by atoms with van der Waals surface area (Å²) in [4.78, 5) is 12.9. The van der Waals surface area contributed by atoms with Gasteiger partial charge in [-0.25, -0.2) is 0 Å². The van der Waals surface area contributed by atoms with Crippen molar-refractivity contribution in [3.8, 4) is 0 Å². The number of anilines is 1. The molecule has 1 aromatic carbocycles. The van der Waals surface area contributed by atoms with Crippen molar-refractivity contribution < 1.29 is 9.53 Å². The molecule has 2 rings (SSSR count). The molecule has 1 heterocycles. The Kier molecular flexibility index (Phi) is 3.85. The third kappa shape index (κ3) is 2.77. The number of hydrogen-bond acceptors (Lipinski definition) is 3. The molecule has 0 saturated carbocycles. The highest BCUT2D eigenvalue weighted by Gasteiger charge is 2.23. The van der Waals surface area contributed by atoms with Crippen LogP contribution in [0.15, 0.2) is 29.2 Å². The van der Waals surface area contributed by atoms with Crippen LogP contribution in [0.4, 0.5) is 5.69 Å². The van der Waals surface area contributed by atoms with Crippen LogP contribution < -0.4 is 5.32 Å². The van der Waals surface area contributed by atoms with Crippen LogP contribution in [0, 0.1) is 0 Å². The first-order chi connectivity index (χ1) is 7.79. The van der Waals surface area contributed by atoms with E-state index in [0.717, 1.165) is 18.5 Å². The van der Waals surface area contributed by atoms with E-state index in [2.05, 4.69) is 5.32 Å². The molecule has 1 aliphatic rings. The van der Waals surface area contributed by atoms with E-state index in [4.69, 9.17) is 4.74 Å². The highest BCUT2D eigenvalue weighted by Crippen LogP contribution is 2.19. The van der Waals surface area contributed by atoms with Crippen molar-refractivity contribution in [3.05, 3.63) is 24.3 Å². The van der Waals surface area contributed by atoms with E-state index in [9.17, 15) is 4.79 Å². The van der Waals surface area contributed by atoms with Gasteiger partial charge in [0, 0.05) is 17.2 Å². The maximum atomic E-state index is 11.7. The van der Waals surface area contributed by atoms with Gasteiger partial charge < -0.3 is 10.1 Å². The first kappa shape index (κ1) is 11.5. The van der Waals surface area contributed by atoms with Crippen LogP contribution in [-0.2, 0) is 9.53 Å². The average molecular weight is 237 g/mol. The molecule has 1 unspecified atom stereocenters. The number of benzene rings is 1.